The Bertz CT molecular complexity index is 590. The highest BCUT2D eigenvalue weighted by Crippen LogP contribution is 2.38. The average molecular weight is 285 g/mol. The Balaban J connectivity index is 1.78. The first kappa shape index (κ1) is 14.2. The van der Waals surface area contributed by atoms with Crippen molar-refractivity contribution in [2.75, 3.05) is 13.7 Å². The molecule has 3 nitrogen and oxygen atoms in total. The van der Waals surface area contributed by atoms with E-state index in [4.69, 9.17) is 9.15 Å². The molecule has 2 unspecified atom stereocenters. The van der Waals surface area contributed by atoms with Crippen LogP contribution >= 0.6 is 0 Å². The van der Waals surface area contributed by atoms with E-state index < -0.39 is 0 Å². The van der Waals surface area contributed by atoms with Crippen LogP contribution in [0, 0.1) is 0 Å². The largest absolute Gasteiger partial charge is 0.493 e. The molecular formula is C18H23NO2. The number of hydrogen-bond donors (Lipinski definition) is 1. The van der Waals surface area contributed by atoms with E-state index in [1.807, 2.05) is 13.1 Å². The fraction of sp³-hybridized carbons (Fsp3) is 0.444. The van der Waals surface area contributed by atoms with Crippen molar-refractivity contribution in [3.63, 3.8) is 0 Å². The lowest BCUT2D eigenvalue weighted by atomic mass is 9.87. The van der Waals surface area contributed by atoms with Crippen molar-refractivity contribution < 1.29 is 9.15 Å². The van der Waals surface area contributed by atoms with Gasteiger partial charge in [-0.3, -0.25) is 0 Å². The molecule has 112 valence electrons. The first-order valence-electron chi connectivity index (χ1n) is 7.79. The van der Waals surface area contributed by atoms with Crippen molar-refractivity contribution in [2.24, 2.45) is 0 Å². The Morgan fingerprint density at radius 3 is 2.86 bits per heavy atom. The molecule has 0 aliphatic carbocycles. The number of hydrogen-bond acceptors (Lipinski definition) is 3. The van der Waals surface area contributed by atoms with Crippen LogP contribution in [0.3, 0.4) is 0 Å². The second kappa shape index (κ2) is 6.35. The highest BCUT2D eigenvalue weighted by Gasteiger charge is 2.25. The zero-order valence-electron chi connectivity index (χ0n) is 12.8. The quantitative estimate of drug-likeness (QED) is 0.899. The molecule has 0 saturated heterocycles. The lowest BCUT2D eigenvalue weighted by Crippen LogP contribution is -2.22. The summed E-state index contributed by atoms with van der Waals surface area (Å²) in [7, 11) is 2.00. The van der Waals surface area contributed by atoms with Gasteiger partial charge in [0.2, 0.25) is 0 Å². The van der Waals surface area contributed by atoms with Gasteiger partial charge in [-0.1, -0.05) is 25.1 Å². The van der Waals surface area contributed by atoms with Gasteiger partial charge in [-0.25, -0.2) is 0 Å². The van der Waals surface area contributed by atoms with Crippen molar-refractivity contribution in [3.8, 4) is 5.75 Å². The smallest absolute Gasteiger partial charge is 0.122 e. The van der Waals surface area contributed by atoms with Gasteiger partial charge in [0.1, 0.15) is 17.3 Å². The molecule has 0 bridgehead atoms. The number of aryl methyl sites for hydroxylation is 1. The third kappa shape index (κ3) is 2.98. The number of fused-ring (bicyclic) bond motifs is 1. The normalized spacial score (nSPS) is 18.9. The van der Waals surface area contributed by atoms with E-state index in [0.29, 0.717) is 5.92 Å². The van der Waals surface area contributed by atoms with E-state index in [1.54, 1.807) is 0 Å². The summed E-state index contributed by atoms with van der Waals surface area (Å²) in [5, 5.41) is 3.40. The van der Waals surface area contributed by atoms with Gasteiger partial charge in [-0.2, -0.15) is 0 Å². The number of para-hydroxylation sites is 1. The minimum Gasteiger partial charge on any atom is -0.493 e. The average Bonchev–Trinajstić information content (AvgIpc) is 3.01. The molecule has 1 N–H and O–H groups in total. The predicted octanol–water partition coefficient (Wildman–Crippen LogP) is 4.06. The molecule has 2 atom stereocenters. The summed E-state index contributed by atoms with van der Waals surface area (Å²) < 4.78 is 11.7. The molecule has 1 aromatic heterocycles. The summed E-state index contributed by atoms with van der Waals surface area (Å²) in [6.45, 7) is 2.92. The minimum atomic E-state index is 0.251. The van der Waals surface area contributed by atoms with Gasteiger partial charge in [-0.15, -0.1) is 0 Å². The summed E-state index contributed by atoms with van der Waals surface area (Å²) >= 11 is 0. The highest BCUT2D eigenvalue weighted by atomic mass is 16.5. The van der Waals surface area contributed by atoms with E-state index in [9.17, 15) is 0 Å². The number of nitrogens with one attached hydrogen (secondary N) is 1. The molecule has 0 radical (unpaired) electrons. The van der Waals surface area contributed by atoms with Gasteiger partial charge >= 0.3 is 0 Å². The third-order valence-corrected chi connectivity index (χ3v) is 4.33. The van der Waals surface area contributed by atoms with Crippen molar-refractivity contribution >= 4 is 0 Å². The predicted molar refractivity (Wildman–Crippen MR) is 83.8 cm³/mol. The molecule has 1 aliphatic heterocycles. The molecular weight excluding hydrogens is 262 g/mol. The summed E-state index contributed by atoms with van der Waals surface area (Å²) in [5.41, 5.74) is 1.33. The van der Waals surface area contributed by atoms with Crippen LogP contribution < -0.4 is 10.1 Å². The van der Waals surface area contributed by atoms with Crippen molar-refractivity contribution in [3.05, 3.63) is 53.5 Å². The number of benzene rings is 1. The molecule has 3 rings (SSSR count). The Kier molecular flexibility index (Phi) is 4.30. The van der Waals surface area contributed by atoms with E-state index in [2.05, 4.69) is 42.6 Å². The summed E-state index contributed by atoms with van der Waals surface area (Å²) in [4.78, 5) is 0. The minimum absolute atomic E-state index is 0.251. The first-order valence-corrected chi connectivity index (χ1v) is 7.79. The van der Waals surface area contributed by atoms with Gasteiger partial charge in [0.05, 0.1) is 12.6 Å². The molecule has 21 heavy (non-hydrogen) atoms. The van der Waals surface area contributed by atoms with Crippen LogP contribution in [0.1, 0.15) is 48.8 Å². The highest BCUT2D eigenvalue weighted by molar-refractivity contribution is 5.38. The molecule has 0 saturated carbocycles. The van der Waals surface area contributed by atoms with Crippen LogP contribution in [-0.4, -0.2) is 13.7 Å². The third-order valence-electron chi connectivity index (χ3n) is 4.33. The van der Waals surface area contributed by atoms with Crippen molar-refractivity contribution in [2.45, 2.75) is 38.1 Å². The second-order valence-electron chi connectivity index (χ2n) is 5.61. The lowest BCUT2D eigenvalue weighted by molar-refractivity contribution is 0.251. The molecule has 1 aliphatic rings. The Hall–Kier alpha value is -1.74. The maximum Gasteiger partial charge on any atom is 0.122 e. The summed E-state index contributed by atoms with van der Waals surface area (Å²) in [6, 6.07) is 12.8. The Labute approximate surface area is 126 Å². The van der Waals surface area contributed by atoms with E-state index >= 15 is 0 Å². The zero-order valence-corrected chi connectivity index (χ0v) is 12.8. The number of ether oxygens (including phenoxy) is 1. The van der Waals surface area contributed by atoms with Crippen molar-refractivity contribution in [1.82, 2.24) is 5.32 Å². The van der Waals surface area contributed by atoms with Gasteiger partial charge in [0.15, 0.2) is 0 Å². The topological polar surface area (TPSA) is 34.4 Å². The fourth-order valence-corrected chi connectivity index (χ4v) is 3.09. The Morgan fingerprint density at radius 2 is 2.10 bits per heavy atom. The molecule has 1 aromatic carbocycles. The molecule has 2 aromatic rings. The van der Waals surface area contributed by atoms with Crippen LogP contribution in [0.25, 0.3) is 0 Å². The van der Waals surface area contributed by atoms with Crippen LogP contribution in [0.5, 0.6) is 5.75 Å². The first-order chi connectivity index (χ1) is 10.3. The number of rotatable bonds is 5. The standard InChI is InChI=1S/C18H23NO2/c1-3-14-8-9-18(21-14)16(19-2)12-13-10-11-20-17-7-5-4-6-15(13)17/h4-9,13,16,19H,3,10-12H2,1-2H3. The maximum atomic E-state index is 5.92. The molecule has 0 amide bonds. The lowest BCUT2D eigenvalue weighted by Gasteiger charge is -2.28. The maximum absolute atomic E-state index is 5.92. The summed E-state index contributed by atoms with van der Waals surface area (Å²) in [6.07, 6.45) is 3.04. The molecule has 0 fully saturated rings. The summed E-state index contributed by atoms with van der Waals surface area (Å²) in [5.74, 6) is 3.65. The van der Waals surface area contributed by atoms with Crippen LogP contribution in [0.2, 0.25) is 0 Å². The van der Waals surface area contributed by atoms with Gasteiger partial charge in [0, 0.05) is 6.42 Å². The van der Waals surface area contributed by atoms with E-state index in [0.717, 1.165) is 43.1 Å². The Morgan fingerprint density at radius 1 is 1.24 bits per heavy atom. The monoisotopic (exact) mass is 285 g/mol. The van der Waals surface area contributed by atoms with Crippen LogP contribution in [-0.2, 0) is 6.42 Å². The van der Waals surface area contributed by atoms with E-state index in [1.165, 1.54) is 5.56 Å². The van der Waals surface area contributed by atoms with Gasteiger partial charge in [0.25, 0.3) is 0 Å². The fourth-order valence-electron chi connectivity index (χ4n) is 3.09. The number of furan rings is 1. The SMILES string of the molecule is CCc1ccc(C(CC2CCOc3ccccc32)NC)o1. The zero-order chi connectivity index (χ0) is 14.7. The second-order valence-corrected chi connectivity index (χ2v) is 5.61. The van der Waals surface area contributed by atoms with Gasteiger partial charge in [-0.05, 0) is 49.6 Å². The molecule has 0 spiro atoms. The molecule has 3 heteroatoms. The van der Waals surface area contributed by atoms with E-state index in [-0.39, 0.29) is 6.04 Å². The van der Waals surface area contributed by atoms with Crippen LogP contribution in [0.15, 0.2) is 40.8 Å². The van der Waals surface area contributed by atoms with Gasteiger partial charge < -0.3 is 14.5 Å². The molecule has 2 heterocycles. The van der Waals surface area contributed by atoms with Crippen molar-refractivity contribution in [1.29, 1.82) is 0 Å². The van der Waals surface area contributed by atoms with Crippen LogP contribution in [0.4, 0.5) is 0 Å².